The standard InChI is InChI=1S/C8H8O4S/c1-12-8(9)6-3-2-4-7(5-6)13(10)11/h2-5,13H,1H3. The van der Waals surface area contributed by atoms with Gasteiger partial charge in [0.15, 0.2) is 10.7 Å². The zero-order valence-corrected chi connectivity index (χ0v) is 7.78. The highest BCUT2D eigenvalue weighted by Crippen LogP contribution is 2.07. The van der Waals surface area contributed by atoms with Crippen LogP contribution in [0.1, 0.15) is 10.4 Å². The summed E-state index contributed by atoms with van der Waals surface area (Å²) in [4.78, 5) is 11.1. The van der Waals surface area contributed by atoms with E-state index < -0.39 is 16.7 Å². The van der Waals surface area contributed by atoms with E-state index in [0.717, 1.165) is 0 Å². The van der Waals surface area contributed by atoms with Crippen LogP contribution in [0.3, 0.4) is 0 Å². The molecule has 0 N–H and O–H groups in total. The number of thiol groups is 1. The summed E-state index contributed by atoms with van der Waals surface area (Å²) in [6.45, 7) is 0. The van der Waals surface area contributed by atoms with Crippen molar-refractivity contribution in [3.8, 4) is 0 Å². The van der Waals surface area contributed by atoms with Crippen LogP contribution in [-0.2, 0) is 15.4 Å². The van der Waals surface area contributed by atoms with Gasteiger partial charge in [0.05, 0.1) is 17.6 Å². The topological polar surface area (TPSA) is 60.4 Å². The minimum atomic E-state index is -2.65. The van der Waals surface area contributed by atoms with Crippen molar-refractivity contribution in [2.75, 3.05) is 7.11 Å². The molecule has 0 aliphatic heterocycles. The Morgan fingerprint density at radius 3 is 2.62 bits per heavy atom. The molecule has 13 heavy (non-hydrogen) atoms. The summed E-state index contributed by atoms with van der Waals surface area (Å²) < 4.78 is 25.5. The van der Waals surface area contributed by atoms with Crippen LogP contribution < -0.4 is 0 Å². The summed E-state index contributed by atoms with van der Waals surface area (Å²) in [6.07, 6.45) is 0. The van der Waals surface area contributed by atoms with E-state index in [0.29, 0.717) is 0 Å². The van der Waals surface area contributed by atoms with E-state index in [-0.39, 0.29) is 10.5 Å². The summed E-state index contributed by atoms with van der Waals surface area (Å²) >= 11 is 0. The van der Waals surface area contributed by atoms with E-state index in [1.165, 1.54) is 31.4 Å². The third-order valence-corrected chi connectivity index (χ3v) is 2.18. The lowest BCUT2D eigenvalue weighted by atomic mass is 10.2. The Hall–Kier alpha value is -1.36. The second-order valence-corrected chi connectivity index (χ2v) is 3.33. The van der Waals surface area contributed by atoms with E-state index in [9.17, 15) is 13.2 Å². The van der Waals surface area contributed by atoms with E-state index in [1.54, 1.807) is 0 Å². The quantitative estimate of drug-likeness (QED) is 0.556. The largest absolute Gasteiger partial charge is 0.465 e. The normalized spacial score (nSPS) is 10.0. The number of hydrogen-bond donors (Lipinski definition) is 1. The molecule has 0 saturated heterocycles. The highest BCUT2D eigenvalue weighted by atomic mass is 32.2. The Morgan fingerprint density at radius 1 is 1.38 bits per heavy atom. The molecule has 0 atom stereocenters. The molecule has 0 aromatic heterocycles. The summed E-state index contributed by atoms with van der Waals surface area (Å²) in [5.74, 6) is -0.543. The first-order chi connectivity index (χ1) is 6.15. The molecule has 70 valence electrons. The number of carbonyl (C=O) groups excluding carboxylic acids is 1. The maximum atomic E-state index is 11.0. The number of methoxy groups -OCH3 is 1. The van der Waals surface area contributed by atoms with Gasteiger partial charge in [-0.1, -0.05) is 6.07 Å². The van der Waals surface area contributed by atoms with Crippen LogP contribution in [0.4, 0.5) is 0 Å². The summed E-state index contributed by atoms with van der Waals surface area (Å²) in [7, 11) is -1.41. The molecule has 0 unspecified atom stereocenters. The molecule has 0 spiro atoms. The smallest absolute Gasteiger partial charge is 0.337 e. The molecule has 5 heteroatoms. The van der Waals surface area contributed by atoms with Crippen LogP contribution in [0.2, 0.25) is 0 Å². The summed E-state index contributed by atoms with van der Waals surface area (Å²) in [5.41, 5.74) is 0.235. The maximum absolute atomic E-state index is 11.0. The number of benzene rings is 1. The lowest BCUT2D eigenvalue weighted by Gasteiger charge is -1.98. The van der Waals surface area contributed by atoms with Crippen molar-refractivity contribution < 1.29 is 17.9 Å². The number of esters is 1. The first-order valence-electron chi connectivity index (χ1n) is 3.48. The predicted molar refractivity (Wildman–Crippen MR) is 46.4 cm³/mol. The maximum Gasteiger partial charge on any atom is 0.337 e. The molecule has 0 aliphatic carbocycles. The fourth-order valence-electron chi connectivity index (χ4n) is 0.864. The van der Waals surface area contributed by atoms with Gasteiger partial charge in [0.1, 0.15) is 0 Å². The van der Waals surface area contributed by atoms with Gasteiger partial charge >= 0.3 is 5.97 Å². The second kappa shape index (κ2) is 4.04. The lowest BCUT2D eigenvalue weighted by molar-refractivity contribution is 0.0600. The van der Waals surface area contributed by atoms with Crippen LogP contribution >= 0.6 is 0 Å². The molecule has 4 nitrogen and oxygen atoms in total. The zero-order valence-electron chi connectivity index (χ0n) is 6.89. The van der Waals surface area contributed by atoms with E-state index in [2.05, 4.69) is 4.74 Å². The van der Waals surface area contributed by atoms with Gasteiger partial charge in [-0.25, -0.2) is 13.2 Å². The molecule has 0 aliphatic rings. The summed E-state index contributed by atoms with van der Waals surface area (Å²) in [6, 6.07) is 5.68. The Bertz CT molecular complexity index is 387. The fraction of sp³-hybridized carbons (Fsp3) is 0.125. The van der Waals surface area contributed by atoms with Crippen LogP contribution in [0.15, 0.2) is 29.2 Å². The lowest BCUT2D eigenvalue weighted by Crippen LogP contribution is -2.01. The van der Waals surface area contributed by atoms with E-state index in [4.69, 9.17) is 0 Å². The van der Waals surface area contributed by atoms with Crippen molar-refractivity contribution >= 4 is 16.7 Å². The van der Waals surface area contributed by atoms with Crippen LogP contribution in [0.5, 0.6) is 0 Å². The molecular formula is C8H8O4S. The van der Waals surface area contributed by atoms with Gasteiger partial charge in [-0.05, 0) is 18.2 Å². The average molecular weight is 200 g/mol. The highest BCUT2D eigenvalue weighted by Gasteiger charge is 2.05. The Labute approximate surface area is 77.1 Å². The Kier molecular flexibility index (Phi) is 3.02. The third-order valence-electron chi connectivity index (χ3n) is 1.48. The number of carbonyl (C=O) groups is 1. The van der Waals surface area contributed by atoms with Gasteiger partial charge in [-0.3, -0.25) is 0 Å². The van der Waals surface area contributed by atoms with Gasteiger partial charge < -0.3 is 4.74 Å². The second-order valence-electron chi connectivity index (χ2n) is 2.30. The zero-order chi connectivity index (χ0) is 9.84. The van der Waals surface area contributed by atoms with Gasteiger partial charge in [-0.2, -0.15) is 0 Å². The van der Waals surface area contributed by atoms with Crippen molar-refractivity contribution in [2.24, 2.45) is 0 Å². The summed E-state index contributed by atoms with van der Waals surface area (Å²) in [5, 5.41) is 0. The first-order valence-corrected chi connectivity index (χ1v) is 4.65. The molecule has 0 heterocycles. The highest BCUT2D eigenvalue weighted by molar-refractivity contribution is 7.72. The fourth-order valence-corrected chi connectivity index (χ4v) is 1.32. The minimum Gasteiger partial charge on any atom is -0.465 e. The van der Waals surface area contributed by atoms with Crippen LogP contribution in [-0.4, -0.2) is 21.5 Å². The van der Waals surface area contributed by atoms with Crippen molar-refractivity contribution in [3.63, 3.8) is 0 Å². The van der Waals surface area contributed by atoms with Gasteiger partial charge in [0.2, 0.25) is 0 Å². The molecule has 1 rings (SSSR count). The van der Waals surface area contributed by atoms with Gasteiger partial charge in [0, 0.05) is 0 Å². The van der Waals surface area contributed by atoms with Crippen molar-refractivity contribution in [2.45, 2.75) is 4.90 Å². The Balaban J connectivity index is 3.12. The number of hydrogen-bond acceptors (Lipinski definition) is 4. The molecule has 0 radical (unpaired) electrons. The van der Waals surface area contributed by atoms with Crippen LogP contribution in [0, 0.1) is 0 Å². The molecule has 1 aromatic carbocycles. The monoisotopic (exact) mass is 200 g/mol. The molecule has 0 saturated carbocycles. The van der Waals surface area contributed by atoms with E-state index in [1.807, 2.05) is 0 Å². The molecule has 0 fully saturated rings. The van der Waals surface area contributed by atoms with Gasteiger partial charge in [0.25, 0.3) is 0 Å². The number of ether oxygens (including phenoxy) is 1. The van der Waals surface area contributed by atoms with Crippen LogP contribution in [0.25, 0.3) is 0 Å². The molecule has 1 aromatic rings. The SMILES string of the molecule is COC(=O)c1cccc([SH](=O)=O)c1. The predicted octanol–water partition coefficient (Wildman–Crippen LogP) is 0.443. The van der Waals surface area contributed by atoms with Crippen molar-refractivity contribution in [1.29, 1.82) is 0 Å². The molecule has 0 amide bonds. The number of rotatable bonds is 2. The van der Waals surface area contributed by atoms with E-state index >= 15 is 0 Å². The molecule has 0 bridgehead atoms. The third kappa shape index (κ3) is 2.29. The van der Waals surface area contributed by atoms with Crippen molar-refractivity contribution in [3.05, 3.63) is 29.8 Å². The van der Waals surface area contributed by atoms with Gasteiger partial charge in [-0.15, -0.1) is 0 Å². The minimum absolute atomic E-state index is 0.109. The average Bonchev–Trinajstić information content (AvgIpc) is 2.17. The Morgan fingerprint density at radius 2 is 2.08 bits per heavy atom. The molecular weight excluding hydrogens is 192 g/mol. The first kappa shape index (κ1) is 9.73. The van der Waals surface area contributed by atoms with Crippen molar-refractivity contribution in [1.82, 2.24) is 0 Å².